The molecular formula is C12H16BrNOS2. The third kappa shape index (κ3) is 5.36. The quantitative estimate of drug-likeness (QED) is 0.616. The summed E-state index contributed by atoms with van der Waals surface area (Å²) in [5.41, 5.74) is 0.996. The van der Waals surface area contributed by atoms with Gasteiger partial charge in [0.05, 0.1) is 0 Å². The number of rotatable bonds is 3. The van der Waals surface area contributed by atoms with Crippen molar-refractivity contribution in [3.05, 3.63) is 28.2 Å². The molecule has 0 N–H and O–H groups in total. The molecule has 0 aromatic heterocycles. The fraction of sp³-hybridized carbons (Fsp3) is 0.417. The Morgan fingerprint density at radius 2 is 2.06 bits per heavy atom. The van der Waals surface area contributed by atoms with Crippen LogP contribution in [-0.4, -0.2) is 21.4 Å². The van der Waals surface area contributed by atoms with Gasteiger partial charge in [-0.15, -0.1) is 0 Å². The second kappa shape index (κ2) is 6.16. The molecule has 1 rings (SSSR count). The zero-order valence-electron chi connectivity index (χ0n) is 10.4. The Balaban J connectivity index is 2.83. The molecule has 0 aliphatic rings. The molecule has 0 aliphatic carbocycles. The third-order valence-corrected chi connectivity index (χ3v) is 4.19. The summed E-state index contributed by atoms with van der Waals surface area (Å²) in [6.45, 7) is 6.36. The van der Waals surface area contributed by atoms with Gasteiger partial charge in [-0.05, 0) is 44.9 Å². The lowest BCUT2D eigenvalue weighted by Crippen LogP contribution is -2.05. The molecule has 5 heteroatoms. The molecule has 0 heterocycles. The highest BCUT2D eigenvalue weighted by Crippen LogP contribution is 2.25. The van der Waals surface area contributed by atoms with Crippen LogP contribution in [0, 0.1) is 0 Å². The molecule has 94 valence electrons. The Morgan fingerprint density at radius 1 is 1.41 bits per heavy atom. The molecular weight excluding hydrogens is 318 g/mol. The fourth-order valence-electron chi connectivity index (χ4n) is 1.03. The minimum Gasteiger partial charge on any atom is -0.255 e. The Hall–Kier alpha value is -0.130. The summed E-state index contributed by atoms with van der Waals surface area (Å²) in [5, 5.41) is 0. The van der Waals surface area contributed by atoms with Crippen molar-refractivity contribution in [1.82, 2.24) is 0 Å². The van der Waals surface area contributed by atoms with Crippen LogP contribution in [0.2, 0.25) is 0 Å². The van der Waals surface area contributed by atoms with Crippen molar-refractivity contribution < 1.29 is 4.21 Å². The number of halogens is 1. The van der Waals surface area contributed by atoms with Gasteiger partial charge >= 0.3 is 0 Å². The standard InChI is InChI=1S/C12H16BrNOS2/c1-12(2,3)16-14-8-9-5-6-10(17(4)15)7-11(9)13/h5-8H,1-4H3/b14-8+. The Labute approximate surface area is 118 Å². The van der Waals surface area contributed by atoms with Gasteiger partial charge in [0, 0.05) is 42.9 Å². The van der Waals surface area contributed by atoms with Crippen molar-refractivity contribution in [2.45, 2.75) is 30.4 Å². The van der Waals surface area contributed by atoms with Crippen molar-refractivity contribution in [1.29, 1.82) is 0 Å². The molecule has 2 nitrogen and oxygen atoms in total. The first-order chi connectivity index (χ1) is 7.79. The number of nitrogens with zero attached hydrogens (tertiary/aromatic N) is 1. The van der Waals surface area contributed by atoms with Gasteiger partial charge in [0.2, 0.25) is 0 Å². The summed E-state index contributed by atoms with van der Waals surface area (Å²) < 4.78 is 16.7. The van der Waals surface area contributed by atoms with Crippen LogP contribution in [0.25, 0.3) is 0 Å². The molecule has 0 saturated heterocycles. The van der Waals surface area contributed by atoms with Gasteiger partial charge in [0.15, 0.2) is 0 Å². The maximum absolute atomic E-state index is 11.3. The van der Waals surface area contributed by atoms with E-state index in [0.29, 0.717) is 0 Å². The molecule has 1 atom stereocenters. The van der Waals surface area contributed by atoms with Crippen LogP contribution < -0.4 is 0 Å². The molecule has 1 aromatic carbocycles. The van der Waals surface area contributed by atoms with Crippen molar-refractivity contribution in [2.75, 3.05) is 6.26 Å². The molecule has 0 aliphatic heterocycles. The summed E-state index contributed by atoms with van der Waals surface area (Å²) in [6.07, 6.45) is 3.49. The average molecular weight is 334 g/mol. The van der Waals surface area contributed by atoms with Gasteiger partial charge in [-0.3, -0.25) is 4.21 Å². The van der Waals surface area contributed by atoms with Crippen LogP contribution in [-0.2, 0) is 10.8 Å². The van der Waals surface area contributed by atoms with E-state index in [2.05, 4.69) is 41.1 Å². The fourth-order valence-corrected chi connectivity index (χ4v) is 2.69. The highest BCUT2D eigenvalue weighted by atomic mass is 79.9. The van der Waals surface area contributed by atoms with Gasteiger partial charge < -0.3 is 0 Å². The van der Waals surface area contributed by atoms with Crippen molar-refractivity contribution in [2.24, 2.45) is 4.40 Å². The van der Waals surface area contributed by atoms with E-state index in [0.717, 1.165) is 14.9 Å². The largest absolute Gasteiger partial charge is 0.255 e. The SMILES string of the molecule is CS(=O)c1ccc(/C=N/SC(C)(C)C)c(Br)c1. The summed E-state index contributed by atoms with van der Waals surface area (Å²) in [5.74, 6) is 0. The van der Waals surface area contributed by atoms with E-state index in [1.807, 2.05) is 24.4 Å². The van der Waals surface area contributed by atoms with Gasteiger partial charge in [0.25, 0.3) is 0 Å². The van der Waals surface area contributed by atoms with Crippen LogP contribution >= 0.6 is 27.9 Å². The Kier molecular flexibility index (Phi) is 5.41. The normalized spacial score (nSPS) is 14.2. The lowest BCUT2D eigenvalue weighted by atomic mass is 10.2. The van der Waals surface area contributed by atoms with Gasteiger partial charge in [-0.25, -0.2) is 4.40 Å². The molecule has 1 aromatic rings. The monoisotopic (exact) mass is 333 g/mol. The van der Waals surface area contributed by atoms with Crippen LogP contribution in [0.4, 0.5) is 0 Å². The van der Waals surface area contributed by atoms with Crippen LogP contribution in [0.3, 0.4) is 0 Å². The number of benzene rings is 1. The molecule has 0 spiro atoms. The highest BCUT2D eigenvalue weighted by molar-refractivity contribution is 9.10. The highest BCUT2D eigenvalue weighted by Gasteiger charge is 2.09. The van der Waals surface area contributed by atoms with Gasteiger partial charge in [-0.1, -0.05) is 22.0 Å². The van der Waals surface area contributed by atoms with E-state index in [9.17, 15) is 4.21 Å². The van der Waals surface area contributed by atoms with Crippen molar-refractivity contribution in [3.63, 3.8) is 0 Å². The van der Waals surface area contributed by atoms with E-state index in [4.69, 9.17) is 0 Å². The summed E-state index contributed by atoms with van der Waals surface area (Å²) in [7, 11) is -0.947. The molecule has 0 amide bonds. The van der Waals surface area contributed by atoms with Crippen LogP contribution in [0.15, 0.2) is 32.0 Å². The number of hydrogen-bond donors (Lipinski definition) is 0. The predicted octanol–water partition coefficient (Wildman–Crippen LogP) is 4.05. The van der Waals surface area contributed by atoms with E-state index >= 15 is 0 Å². The van der Waals surface area contributed by atoms with E-state index < -0.39 is 10.8 Å². The third-order valence-electron chi connectivity index (χ3n) is 1.82. The average Bonchev–Trinajstić information content (AvgIpc) is 2.18. The van der Waals surface area contributed by atoms with E-state index in [-0.39, 0.29) is 4.75 Å². The molecule has 0 radical (unpaired) electrons. The van der Waals surface area contributed by atoms with Gasteiger partial charge in [0.1, 0.15) is 0 Å². The van der Waals surface area contributed by atoms with Crippen LogP contribution in [0.5, 0.6) is 0 Å². The first kappa shape index (κ1) is 14.9. The maximum Gasteiger partial charge on any atom is 0.0498 e. The lowest BCUT2D eigenvalue weighted by molar-refractivity contribution is 0.687. The maximum atomic E-state index is 11.3. The second-order valence-electron chi connectivity index (χ2n) is 4.58. The van der Waals surface area contributed by atoms with Gasteiger partial charge in [-0.2, -0.15) is 0 Å². The minimum absolute atomic E-state index is 0.119. The zero-order chi connectivity index (χ0) is 13.1. The van der Waals surface area contributed by atoms with Crippen molar-refractivity contribution in [3.8, 4) is 0 Å². The van der Waals surface area contributed by atoms with E-state index in [1.54, 1.807) is 6.26 Å². The second-order valence-corrected chi connectivity index (χ2v) is 8.43. The number of hydrogen-bond acceptors (Lipinski definition) is 3. The molecule has 17 heavy (non-hydrogen) atoms. The summed E-state index contributed by atoms with van der Waals surface area (Å²) in [4.78, 5) is 0.817. The predicted molar refractivity (Wildman–Crippen MR) is 81.4 cm³/mol. The molecule has 0 fully saturated rings. The molecule has 0 bridgehead atoms. The topological polar surface area (TPSA) is 29.4 Å². The molecule has 1 unspecified atom stereocenters. The zero-order valence-corrected chi connectivity index (χ0v) is 13.6. The van der Waals surface area contributed by atoms with E-state index in [1.165, 1.54) is 11.9 Å². The first-order valence-corrected chi connectivity index (χ1v) is 8.26. The minimum atomic E-state index is -0.947. The lowest BCUT2D eigenvalue weighted by Gasteiger charge is -2.12. The van der Waals surface area contributed by atoms with Crippen molar-refractivity contribution >= 4 is 44.9 Å². The Bertz CT molecular complexity index is 452. The Morgan fingerprint density at radius 3 is 2.53 bits per heavy atom. The van der Waals surface area contributed by atoms with Crippen LogP contribution in [0.1, 0.15) is 26.3 Å². The summed E-state index contributed by atoms with van der Waals surface area (Å²) in [6, 6.07) is 5.66. The first-order valence-electron chi connectivity index (χ1n) is 5.14. The molecule has 0 saturated carbocycles. The smallest absolute Gasteiger partial charge is 0.0498 e. The summed E-state index contributed by atoms with van der Waals surface area (Å²) >= 11 is 5.00.